The van der Waals surface area contributed by atoms with Crippen LogP contribution in [0.4, 0.5) is 0 Å². The van der Waals surface area contributed by atoms with E-state index in [2.05, 4.69) is 28.2 Å². The first-order valence-electron chi connectivity index (χ1n) is 12.2. The van der Waals surface area contributed by atoms with Crippen molar-refractivity contribution in [2.45, 2.75) is 63.7 Å². The summed E-state index contributed by atoms with van der Waals surface area (Å²) in [6, 6.07) is 3.97. The number of benzene rings is 1. The molecule has 1 aliphatic rings. The Bertz CT molecular complexity index is 1110. The zero-order valence-corrected chi connectivity index (χ0v) is 21.5. The number of nitrogens with two attached hydrogens (primary N) is 1. The molecule has 0 aliphatic carbocycles. The van der Waals surface area contributed by atoms with Gasteiger partial charge in [-0.15, -0.1) is 0 Å². The van der Waals surface area contributed by atoms with Crippen molar-refractivity contribution in [2.24, 2.45) is 11.7 Å². The number of carboxylic acid groups (broad SMARTS) is 1. The van der Waals surface area contributed by atoms with E-state index in [1.807, 2.05) is 44.3 Å². The maximum atomic E-state index is 13.2. The predicted octanol–water partition coefficient (Wildman–Crippen LogP) is 1.06. The number of carbonyl (C=O) groups is 4. The van der Waals surface area contributed by atoms with E-state index in [0.717, 1.165) is 16.5 Å². The van der Waals surface area contributed by atoms with Crippen molar-refractivity contribution in [1.82, 2.24) is 20.5 Å². The molecule has 0 bridgehead atoms. The summed E-state index contributed by atoms with van der Waals surface area (Å²) in [6.07, 6.45) is 3.65. The number of carboxylic acids is 1. The highest BCUT2D eigenvalue weighted by Gasteiger charge is 2.39. The molecule has 0 spiro atoms. The van der Waals surface area contributed by atoms with Gasteiger partial charge in [0.1, 0.15) is 18.1 Å². The van der Waals surface area contributed by atoms with Gasteiger partial charge >= 0.3 is 5.97 Å². The number of thiol groups is 1. The molecule has 1 saturated heterocycles. The van der Waals surface area contributed by atoms with E-state index in [1.54, 1.807) is 0 Å². The largest absolute Gasteiger partial charge is 0.480 e. The summed E-state index contributed by atoms with van der Waals surface area (Å²) in [5.74, 6) is -2.80. The minimum Gasteiger partial charge on any atom is -0.480 e. The van der Waals surface area contributed by atoms with Gasteiger partial charge in [-0.1, -0.05) is 38.5 Å². The third-order valence-corrected chi connectivity index (χ3v) is 7.23. The molecule has 5 unspecified atom stereocenters. The molecular weight excluding hydrogens is 482 g/mol. The first kappa shape index (κ1) is 27.5. The molecule has 0 saturated carbocycles. The second kappa shape index (κ2) is 12.3. The van der Waals surface area contributed by atoms with Crippen LogP contribution in [0.3, 0.4) is 0 Å². The number of para-hydroxylation sites is 1. The second-order valence-corrected chi connectivity index (χ2v) is 9.68. The zero-order chi connectivity index (χ0) is 26.4. The lowest BCUT2D eigenvalue weighted by atomic mass is 9.97. The molecular formula is C25H35N5O5S. The number of carbonyl (C=O) groups excluding carboxylic acids is 3. The number of aromatic amines is 1. The molecule has 1 aliphatic heterocycles. The summed E-state index contributed by atoms with van der Waals surface area (Å²) in [5.41, 5.74) is 7.98. The van der Waals surface area contributed by atoms with Crippen LogP contribution in [0.2, 0.25) is 0 Å². The van der Waals surface area contributed by atoms with Crippen molar-refractivity contribution < 1.29 is 24.3 Å². The molecule has 6 N–H and O–H groups in total. The van der Waals surface area contributed by atoms with Gasteiger partial charge in [-0.3, -0.25) is 14.4 Å². The summed E-state index contributed by atoms with van der Waals surface area (Å²) >= 11 is 4.22. The van der Waals surface area contributed by atoms with Crippen LogP contribution in [0.25, 0.3) is 10.9 Å². The van der Waals surface area contributed by atoms with Crippen LogP contribution in [0.5, 0.6) is 0 Å². The monoisotopic (exact) mass is 517 g/mol. The Morgan fingerprint density at radius 2 is 1.94 bits per heavy atom. The number of rotatable bonds is 11. The van der Waals surface area contributed by atoms with Gasteiger partial charge in [0.25, 0.3) is 0 Å². The fourth-order valence-corrected chi connectivity index (χ4v) is 4.76. The molecule has 36 heavy (non-hydrogen) atoms. The summed E-state index contributed by atoms with van der Waals surface area (Å²) in [7, 11) is 0. The van der Waals surface area contributed by atoms with Crippen molar-refractivity contribution >= 4 is 47.2 Å². The fourth-order valence-electron chi connectivity index (χ4n) is 4.51. The minimum absolute atomic E-state index is 0.000258. The van der Waals surface area contributed by atoms with E-state index in [1.165, 1.54) is 4.90 Å². The summed E-state index contributed by atoms with van der Waals surface area (Å²) in [5, 5.41) is 15.8. The number of H-pyrrole nitrogens is 1. The van der Waals surface area contributed by atoms with E-state index in [9.17, 15) is 24.3 Å². The lowest BCUT2D eigenvalue weighted by Crippen LogP contribution is -2.59. The number of aliphatic carboxylic acids is 1. The van der Waals surface area contributed by atoms with Crippen LogP contribution in [0.15, 0.2) is 30.5 Å². The standard InChI is InChI=1S/C25H35N5O5S/c1-3-14(2)21(24(33)30-10-6-9-20(30)25(34)35)29-23(32)19(13-36)28-22(31)17(26)11-15-12-27-18-8-5-4-7-16(15)18/h4-5,7-8,12,14,17,19-21,27,36H,3,6,9-11,13,26H2,1-2H3,(H,28,31)(H,29,32)(H,34,35). The van der Waals surface area contributed by atoms with Crippen molar-refractivity contribution in [3.8, 4) is 0 Å². The molecule has 1 aromatic carbocycles. The van der Waals surface area contributed by atoms with Crippen LogP contribution < -0.4 is 16.4 Å². The Balaban J connectivity index is 1.66. The smallest absolute Gasteiger partial charge is 0.326 e. The third-order valence-electron chi connectivity index (χ3n) is 6.86. The average Bonchev–Trinajstić information content (AvgIpc) is 3.52. The van der Waals surface area contributed by atoms with Crippen LogP contribution in [0, 0.1) is 5.92 Å². The Hall–Kier alpha value is -3.05. The van der Waals surface area contributed by atoms with E-state index >= 15 is 0 Å². The van der Waals surface area contributed by atoms with Crippen LogP contribution in [-0.4, -0.2) is 75.1 Å². The van der Waals surface area contributed by atoms with Crippen molar-refractivity contribution in [3.63, 3.8) is 0 Å². The molecule has 5 atom stereocenters. The quantitative estimate of drug-likeness (QED) is 0.245. The third kappa shape index (κ3) is 6.19. The van der Waals surface area contributed by atoms with Gasteiger partial charge in [0.15, 0.2) is 0 Å². The molecule has 11 heteroatoms. The molecule has 0 radical (unpaired) electrons. The van der Waals surface area contributed by atoms with Crippen LogP contribution >= 0.6 is 12.6 Å². The number of fused-ring (bicyclic) bond motifs is 1. The number of amides is 3. The highest BCUT2D eigenvalue weighted by Crippen LogP contribution is 2.22. The SMILES string of the molecule is CCC(C)C(NC(=O)C(CS)NC(=O)C(N)Cc1c[nH]c2ccccc12)C(=O)N1CCCC1C(=O)O. The van der Waals surface area contributed by atoms with E-state index < -0.39 is 47.9 Å². The number of hydrogen-bond acceptors (Lipinski definition) is 6. The van der Waals surface area contributed by atoms with E-state index in [-0.39, 0.29) is 18.1 Å². The molecule has 2 aromatic rings. The Labute approximate surface area is 215 Å². The molecule has 3 rings (SSSR count). The van der Waals surface area contributed by atoms with E-state index in [0.29, 0.717) is 25.8 Å². The first-order valence-corrected chi connectivity index (χ1v) is 12.9. The van der Waals surface area contributed by atoms with Gasteiger partial charge in [0.2, 0.25) is 17.7 Å². The predicted molar refractivity (Wildman–Crippen MR) is 140 cm³/mol. The van der Waals surface area contributed by atoms with Gasteiger partial charge < -0.3 is 31.4 Å². The number of aromatic nitrogens is 1. The lowest BCUT2D eigenvalue weighted by molar-refractivity contribution is -0.150. The summed E-state index contributed by atoms with van der Waals surface area (Å²) < 4.78 is 0. The summed E-state index contributed by atoms with van der Waals surface area (Å²) in [6.45, 7) is 4.03. The fraction of sp³-hybridized carbons (Fsp3) is 0.520. The molecule has 1 aromatic heterocycles. The molecule has 3 amide bonds. The normalized spacial score (nSPS) is 18.9. The molecule has 10 nitrogen and oxygen atoms in total. The number of nitrogens with zero attached hydrogens (tertiary/aromatic N) is 1. The lowest BCUT2D eigenvalue weighted by Gasteiger charge is -2.31. The Morgan fingerprint density at radius 3 is 2.61 bits per heavy atom. The second-order valence-electron chi connectivity index (χ2n) is 9.31. The maximum Gasteiger partial charge on any atom is 0.326 e. The van der Waals surface area contributed by atoms with Gasteiger partial charge in [-0.25, -0.2) is 4.79 Å². The van der Waals surface area contributed by atoms with Crippen molar-refractivity contribution in [2.75, 3.05) is 12.3 Å². The van der Waals surface area contributed by atoms with Crippen molar-refractivity contribution in [3.05, 3.63) is 36.0 Å². The Kier molecular flexibility index (Phi) is 9.38. The number of nitrogens with one attached hydrogen (secondary N) is 3. The van der Waals surface area contributed by atoms with E-state index in [4.69, 9.17) is 5.73 Å². The highest BCUT2D eigenvalue weighted by molar-refractivity contribution is 7.80. The molecule has 1 fully saturated rings. The van der Waals surface area contributed by atoms with Gasteiger partial charge in [0, 0.05) is 29.4 Å². The average molecular weight is 518 g/mol. The number of hydrogen-bond donors (Lipinski definition) is 6. The highest BCUT2D eigenvalue weighted by atomic mass is 32.1. The van der Waals surface area contributed by atoms with Crippen LogP contribution in [-0.2, 0) is 25.6 Å². The van der Waals surface area contributed by atoms with Crippen molar-refractivity contribution in [1.29, 1.82) is 0 Å². The molecule has 2 heterocycles. The zero-order valence-electron chi connectivity index (χ0n) is 20.6. The van der Waals surface area contributed by atoms with Gasteiger partial charge in [0.05, 0.1) is 6.04 Å². The maximum absolute atomic E-state index is 13.2. The topological polar surface area (TPSA) is 158 Å². The van der Waals surface area contributed by atoms with Gasteiger partial charge in [-0.05, 0) is 36.8 Å². The molecule has 196 valence electrons. The minimum atomic E-state index is -1.06. The summed E-state index contributed by atoms with van der Waals surface area (Å²) in [4.78, 5) is 55.2. The van der Waals surface area contributed by atoms with Crippen LogP contribution in [0.1, 0.15) is 38.7 Å². The Morgan fingerprint density at radius 1 is 1.22 bits per heavy atom. The first-order chi connectivity index (χ1) is 17.2. The number of likely N-dealkylation sites (tertiary alicyclic amines) is 1. The van der Waals surface area contributed by atoms with Gasteiger partial charge in [-0.2, -0.15) is 12.6 Å².